The van der Waals surface area contributed by atoms with Gasteiger partial charge < -0.3 is 4.74 Å². The van der Waals surface area contributed by atoms with Crippen LogP contribution in [0.2, 0.25) is 0 Å². The standard InChI is InChI=1S/C13H15F3O2/c1-9-8-10(5-6-12(9)18-2)11(17)4-3-7-13(14,15)16/h5-6,8H,3-4,7H2,1-2H3. The Hall–Kier alpha value is -1.52. The summed E-state index contributed by atoms with van der Waals surface area (Å²) in [5, 5.41) is 0. The number of halogens is 3. The van der Waals surface area contributed by atoms with E-state index in [1.165, 1.54) is 7.11 Å². The second-order valence-corrected chi connectivity index (χ2v) is 4.08. The lowest BCUT2D eigenvalue weighted by Crippen LogP contribution is -2.08. The van der Waals surface area contributed by atoms with Crippen LogP contribution in [0.5, 0.6) is 5.75 Å². The van der Waals surface area contributed by atoms with Gasteiger partial charge in [-0.25, -0.2) is 0 Å². The van der Waals surface area contributed by atoms with Gasteiger partial charge in [-0.05, 0) is 37.1 Å². The van der Waals surface area contributed by atoms with Gasteiger partial charge in [-0.1, -0.05) is 0 Å². The average Bonchev–Trinajstić information content (AvgIpc) is 2.27. The molecule has 1 aromatic rings. The number of carbonyl (C=O) groups excluding carboxylic acids is 1. The smallest absolute Gasteiger partial charge is 0.389 e. The van der Waals surface area contributed by atoms with E-state index in [9.17, 15) is 18.0 Å². The molecule has 0 bridgehead atoms. The first-order chi connectivity index (χ1) is 8.33. The topological polar surface area (TPSA) is 26.3 Å². The van der Waals surface area contributed by atoms with E-state index in [4.69, 9.17) is 4.74 Å². The molecule has 0 N–H and O–H groups in total. The van der Waals surface area contributed by atoms with Crippen LogP contribution in [-0.2, 0) is 0 Å². The largest absolute Gasteiger partial charge is 0.496 e. The molecule has 5 heteroatoms. The van der Waals surface area contributed by atoms with Crippen LogP contribution in [-0.4, -0.2) is 19.1 Å². The van der Waals surface area contributed by atoms with Gasteiger partial charge >= 0.3 is 6.18 Å². The molecule has 0 aliphatic heterocycles. The highest BCUT2D eigenvalue weighted by Crippen LogP contribution is 2.24. The van der Waals surface area contributed by atoms with E-state index in [-0.39, 0.29) is 18.6 Å². The Balaban J connectivity index is 2.59. The third kappa shape index (κ3) is 4.39. The van der Waals surface area contributed by atoms with Gasteiger partial charge in [0.05, 0.1) is 7.11 Å². The van der Waals surface area contributed by atoms with Crippen molar-refractivity contribution < 1.29 is 22.7 Å². The predicted octanol–water partition coefficient (Wildman–Crippen LogP) is 3.92. The molecule has 100 valence electrons. The van der Waals surface area contributed by atoms with Gasteiger partial charge in [-0.2, -0.15) is 13.2 Å². The van der Waals surface area contributed by atoms with Crippen molar-refractivity contribution in [1.29, 1.82) is 0 Å². The Morgan fingerprint density at radius 2 is 2.00 bits per heavy atom. The summed E-state index contributed by atoms with van der Waals surface area (Å²) < 4.78 is 40.9. The van der Waals surface area contributed by atoms with Gasteiger partial charge in [0, 0.05) is 18.4 Å². The quantitative estimate of drug-likeness (QED) is 0.750. The Labute approximate surface area is 104 Å². The zero-order valence-electron chi connectivity index (χ0n) is 10.3. The molecule has 0 aromatic heterocycles. The van der Waals surface area contributed by atoms with E-state index in [1.807, 2.05) is 0 Å². The molecule has 18 heavy (non-hydrogen) atoms. The van der Waals surface area contributed by atoms with Crippen molar-refractivity contribution in [3.63, 3.8) is 0 Å². The highest BCUT2D eigenvalue weighted by Gasteiger charge is 2.26. The van der Waals surface area contributed by atoms with E-state index in [2.05, 4.69) is 0 Å². The second-order valence-electron chi connectivity index (χ2n) is 4.08. The van der Waals surface area contributed by atoms with E-state index < -0.39 is 12.6 Å². The summed E-state index contributed by atoms with van der Waals surface area (Å²) in [5.74, 6) is 0.381. The van der Waals surface area contributed by atoms with E-state index in [0.717, 1.165) is 5.56 Å². The fraction of sp³-hybridized carbons (Fsp3) is 0.462. The Morgan fingerprint density at radius 3 is 2.50 bits per heavy atom. The van der Waals surface area contributed by atoms with Crippen molar-refractivity contribution in [2.24, 2.45) is 0 Å². The van der Waals surface area contributed by atoms with Crippen molar-refractivity contribution in [1.82, 2.24) is 0 Å². The summed E-state index contributed by atoms with van der Waals surface area (Å²) in [6.45, 7) is 1.78. The number of hydrogen-bond donors (Lipinski definition) is 0. The third-order valence-corrected chi connectivity index (χ3v) is 2.58. The second kappa shape index (κ2) is 5.89. The van der Waals surface area contributed by atoms with Gasteiger partial charge in [0.2, 0.25) is 0 Å². The van der Waals surface area contributed by atoms with Gasteiger partial charge in [0.1, 0.15) is 5.75 Å². The molecule has 0 saturated carbocycles. The highest BCUT2D eigenvalue weighted by atomic mass is 19.4. The Bertz CT molecular complexity index is 425. The average molecular weight is 260 g/mol. The number of benzene rings is 1. The molecular weight excluding hydrogens is 245 g/mol. The lowest BCUT2D eigenvalue weighted by atomic mass is 10.0. The lowest BCUT2D eigenvalue weighted by molar-refractivity contribution is -0.135. The van der Waals surface area contributed by atoms with Crippen LogP contribution in [0.15, 0.2) is 18.2 Å². The molecular formula is C13H15F3O2. The first-order valence-corrected chi connectivity index (χ1v) is 5.58. The minimum Gasteiger partial charge on any atom is -0.496 e. The van der Waals surface area contributed by atoms with Crippen molar-refractivity contribution in [3.8, 4) is 5.75 Å². The summed E-state index contributed by atoms with van der Waals surface area (Å²) in [6, 6.07) is 4.85. The molecule has 0 spiro atoms. The monoisotopic (exact) mass is 260 g/mol. The maximum Gasteiger partial charge on any atom is 0.389 e. The molecule has 0 amide bonds. The number of Topliss-reactive ketones (excluding diaryl/α,β-unsaturated/α-hetero) is 1. The maximum atomic E-state index is 11.9. The molecule has 0 aliphatic carbocycles. The zero-order valence-corrected chi connectivity index (χ0v) is 10.3. The van der Waals surface area contributed by atoms with Crippen molar-refractivity contribution in [3.05, 3.63) is 29.3 Å². The first-order valence-electron chi connectivity index (χ1n) is 5.58. The number of aryl methyl sites for hydroxylation is 1. The number of methoxy groups -OCH3 is 1. The van der Waals surface area contributed by atoms with E-state index in [1.54, 1.807) is 25.1 Å². The molecule has 2 nitrogen and oxygen atoms in total. The lowest BCUT2D eigenvalue weighted by Gasteiger charge is -2.08. The van der Waals surface area contributed by atoms with Crippen molar-refractivity contribution in [2.45, 2.75) is 32.4 Å². The van der Waals surface area contributed by atoms with E-state index >= 15 is 0 Å². The van der Waals surface area contributed by atoms with Crippen LogP contribution in [0.25, 0.3) is 0 Å². The van der Waals surface area contributed by atoms with Crippen LogP contribution in [0.1, 0.15) is 35.2 Å². The van der Waals surface area contributed by atoms with Crippen molar-refractivity contribution in [2.75, 3.05) is 7.11 Å². The number of rotatable bonds is 5. The molecule has 0 aliphatic rings. The van der Waals surface area contributed by atoms with Gasteiger partial charge in [0.15, 0.2) is 5.78 Å². The zero-order chi connectivity index (χ0) is 13.8. The molecule has 0 heterocycles. The fourth-order valence-corrected chi connectivity index (χ4v) is 1.65. The summed E-state index contributed by atoms with van der Waals surface area (Å²) in [7, 11) is 1.52. The minimum atomic E-state index is -4.20. The van der Waals surface area contributed by atoms with Crippen LogP contribution < -0.4 is 4.74 Å². The number of ketones is 1. The Kier molecular flexibility index (Phi) is 4.76. The number of alkyl halides is 3. The minimum absolute atomic E-state index is 0.0920. The summed E-state index contributed by atoms with van der Waals surface area (Å²) >= 11 is 0. The summed E-state index contributed by atoms with van der Waals surface area (Å²) in [4.78, 5) is 11.7. The van der Waals surface area contributed by atoms with Crippen LogP contribution in [0.4, 0.5) is 13.2 Å². The highest BCUT2D eigenvalue weighted by molar-refractivity contribution is 5.96. The number of carbonyl (C=O) groups is 1. The normalized spacial score (nSPS) is 11.4. The SMILES string of the molecule is COc1ccc(C(=O)CCCC(F)(F)F)cc1C. The predicted molar refractivity (Wildman–Crippen MR) is 62.0 cm³/mol. The number of hydrogen-bond acceptors (Lipinski definition) is 2. The molecule has 0 unspecified atom stereocenters. The van der Waals surface area contributed by atoms with Crippen LogP contribution in [0.3, 0.4) is 0 Å². The molecule has 0 saturated heterocycles. The maximum absolute atomic E-state index is 11.9. The molecule has 1 rings (SSSR count). The van der Waals surface area contributed by atoms with E-state index in [0.29, 0.717) is 11.3 Å². The first kappa shape index (κ1) is 14.5. The molecule has 0 radical (unpaired) electrons. The summed E-state index contributed by atoms with van der Waals surface area (Å²) in [6.07, 6.45) is -5.39. The third-order valence-electron chi connectivity index (χ3n) is 2.58. The van der Waals surface area contributed by atoms with Crippen molar-refractivity contribution >= 4 is 5.78 Å². The molecule has 0 atom stereocenters. The van der Waals surface area contributed by atoms with Gasteiger partial charge in [-0.3, -0.25) is 4.79 Å². The van der Waals surface area contributed by atoms with Gasteiger partial charge in [0.25, 0.3) is 0 Å². The molecule has 0 fully saturated rings. The van der Waals surface area contributed by atoms with Crippen LogP contribution in [0, 0.1) is 6.92 Å². The molecule has 1 aromatic carbocycles. The Morgan fingerprint density at radius 1 is 1.33 bits per heavy atom. The summed E-state index contributed by atoms with van der Waals surface area (Å²) in [5.41, 5.74) is 1.22. The van der Waals surface area contributed by atoms with Gasteiger partial charge in [-0.15, -0.1) is 0 Å². The van der Waals surface area contributed by atoms with Crippen LogP contribution >= 0.6 is 0 Å². The fourth-order valence-electron chi connectivity index (χ4n) is 1.65. The number of ether oxygens (including phenoxy) is 1.